The van der Waals surface area contributed by atoms with Gasteiger partial charge in [-0.2, -0.15) is 0 Å². The Balaban J connectivity index is 1.60. The molecule has 1 N–H and O–H groups in total. The lowest BCUT2D eigenvalue weighted by molar-refractivity contribution is 0.233. The van der Waals surface area contributed by atoms with E-state index in [4.69, 9.17) is 4.98 Å². The predicted octanol–water partition coefficient (Wildman–Crippen LogP) is 2.88. The van der Waals surface area contributed by atoms with Crippen LogP contribution >= 0.6 is 27.3 Å². The molecule has 0 bridgehead atoms. The van der Waals surface area contributed by atoms with Gasteiger partial charge in [0.15, 0.2) is 0 Å². The molecule has 0 unspecified atom stereocenters. The first-order valence-corrected chi connectivity index (χ1v) is 8.61. The summed E-state index contributed by atoms with van der Waals surface area (Å²) in [4.78, 5) is 8.82. The zero-order valence-electron chi connectivity index (χ0n) is 11.2. The van der Waals surface area contributed by atoms with E-state index in [-0.39, 0.29) is 0 Å². The maximum absolute atomic E-state index is 4.90. The predicted molar refractivity (Wildman–Crippen MR) is 86.2 cm³/mol. The third kappa shape index (κ3) is 2.22. The molecule has 0 atom stereocenters. The van der Waals surface area contributed by atoms with Gasteiger partial charge in [-0.05, 0) is 11.6 Å². The number of thiazole rings is 1. The molecular formula is C15H16BrN3S. The van der Waals surface area contributed by atoms with Gasteiger partial charge in [-0.15, -0.1) is 11.3 Å². The van der Waals surface area contributed by atoms with Gasteiger partial charge in [-0.3, -0.25) is 4.90 Å². The molecule has 20 heavy (non-hydrogen) atoms. The summed E-state index contributed by atoms with van der Waals surface area (Å²) in [5.41, 5.74) is 3.93. The van der Waals surface area contributed by atoms with Crippen molar-refractivity contribution in [3.05, 3.63) is 38.1 Å². The molecule has 4 rings (SSSR count). The number of piperazine rings is 1. The molecule has 2 aliphatic rings. The molecule has 0 saturated carbocycles. The molecule has 104 valence electrons. The van der Waals surface area contributed by atoms with Crippen LogP contribution in [0.5, 0.6) is 0 Å². The molecule has 1 aromatic carbocycles. The van der Waals surface area contributed by atoms with Gasteiger partial charge in [0.2, 0.25) is 0 Å². The quantitative estimate of drug-likeness (QED) is 0.770. The Morgan fingerprint density at radius 3 is 3.00 bits per heavy atom. The van der Waals surface area contributed by atoms with Crippen LogP contribution in [0.2, 0.25) is 0 Å². The summed E-state index contributed by atoms with van der Waals surface area (Å²) >= 11 is 5.54. The fourth-order valence-corrected chi connectivity index (χ4v) is 4.62. The summed E-state index contributed by atoms with van der Waals surface area (Å²) in [6.07, 6.45) is 1.03. The van der Waals surface area contributed by atoms with Crippen LogP contribution in [0.4, 0.5) is 0 Å². The third-order valence-electron chi connectivity index (χ3n) is 4.02. The van der Waals surface area contributed by atoms with E-state index in [1.165, 1.54) is 31.2 Å². The number of aromatic nitrogens is 1. The van der Waals surface area contributed by atoms with Crippen LogP contribution in [0, 0.1) is 0 Å². The van der Waals surface area contributed by atoms with Crippen molar-refractivity contribution >= 4 is 27.3 Å². The lowest BCUT2D eigenvalue weighted by atomic mass is 10.1. The van der Waals surface area contributed by atoms with Crippen molar-refractivity contribution in [1.29, 1.82) is 0 Å². The van der Waals surface area contributed by atoms with E-state index in [2.05, 4.69) is 44.3 Å². The normalized spacial score (nSPS) is 18.1. The molecule has 2 heterocycles. The number of fused-ring (bicyclic) bond motifs is 3. The van der Waals surface area contributed by atoms with Gasteiger partial charge in [-0.25, -0.2) is 4.98 Å². The van der Waals surface area contributed by atoms with Crippen LogP contribution in [-0.4, -0.2) is 36.1 Å². The smallest absolute Gasteiger partial charge is 0.108 e. The minimum absolute atomic E-state index is 1.00. The van der Waals surface area contributed by atoms with E-state index >= 15 is 0 Å². The lowest BCUT2D eigenvalue weighted by Crippen LogP contribution is -2.42. The number of hydrogen-bond donors (Lipinski definition) is 1. The molecule has 1 fully saturated rings. The standard InChI is InChI=1S/C15H16BrN3S/c16-12-3-1-2-10-11(12)8-13-15(10)18-14(20-13)9-19-6-4-17-5-7-19/h1-3,17H,4-9H2. The van der Waals surface area contributed by atoms with Crippen molar-refractivity contribution in [3.63, 3.8) is 0 Å². The van der Waals surface area contributed by atoms with Crippen molar-refractivity contribution in [2.75, 3.05) is 26.2 Å². The Kier molecular flexibility index (Phi) is 3.38. The Labute approximate surface area is 131 Å². The van der Waals surface area contributed by atoms with Crippen LogP contribution in [-0.2, 0) is 13.0 Å². The summed E-state index contributed by atoms with van der Waals surface area (Å²) in [6.45, 7) is 5.46. The Morgan fingerprint density at radius 1 is 1.30 bits per heavy atom. The molecule has 1 saturated heterocycles. The average molecular weight is 350 g/mol. The molecule has 0 amide bonds. The molecule has 1 aliphatic heterocycles. The molecule has 2 aromatic rings. The second-order valence-electron chi connectivity index (χ2n) is 5.35. The Hall–Kier alpha value is -0.750. The highest BCUT2D eigenvalue weighted by atomic mass is 79.9. The van der Waals surface area contributed by atoms with Gasteiger partial charge < -0.3 is 5.32 Å². The number of halogens is 1. The Bertz CT molecular complexity index is 647. The van der Waals surface area contributed by atoms with Crippen molar-refractivity contribution in [3.8, 4) is 11.3 Å². The maximum Gasteiger partial charge on any atom is 0.108 e. The van der Waals surface area contributed by atoms with Crippen LogP contribution in [0.3, 0.4) is 0 Å². The van der Waals surface area contributed by atoms with Crippen molar-refractivity contribution < 1.29 is 0 Å². The van der Waals surface area contributed by atoms with Crippen LogP contribution in [0.25, 0.3) is 11.3 Å². The largest absolute Gasteiger partial charge is 0.314 e. The zero-order valence-corrected chi connectivity index (χ0v) is 13.6. The highest BCUT2D eigenvalue weighted by Gasteiger charge is 2.25. The third-order valence-corrected chi connectivity index (χ3v) is 5.80. The number of benzene rings is 1. The van der Waals surface area contributed by atoms with Crippen molar-refractivity contribution in [2.45, 2.75) is 13.0 Å². The topological polar surface area (TPSA) is 28.2 Å². The second-order valence-corrected chi connectivity index (χ2v) is 7.37. The minimum atomic E-state index is 1.00. The highest BCUT2D eigenvalue weighted by Crippen LogP contribution is 2.42. The zero-order chi connectivity index (χ0) is 13.5. The summed E-state index contributed by atoms with van der Waals surface area (Å²) in [5.74, 6) is 0. The van der Waals surface area contributed by atoms with Crippen LogP contribution < -0.4 is 5.32 Å². The number of nitrogens with one attached hydrogen (secondary N) is 1. The van der Waals surface area contributed by atoms with Gasteiger partial charge in [0.05, 0.1) is 12.2 Å². The first-order valence-electron chi connectivity index (χ1n) is 7.00. The fourth-order valence-electron chi connectivity index (χ4n) is 2.98. The van der Waals surface area contributed by atoms with E-state index in [0.717, 1.165) is 39.1 Å². The van der Waals surface area contributed by atoms with E-state index in [9.17, 15) is 0 Å². The molecule has 5 heteroatoms. The summed E-state index contributed by atoms with van der Waals surface area (Å²) in [5, 5.41) is 4.66. The Morgan fingerprint density at radius 2 is 2.15 bits per heavy atom. The molecular weight excluding hydrogens is 334 g/mol. The van der Waals surface area contributed by atoms with Gasteiger partial charge >= 0.3 is 0 Å². The minimum Gasteiger partial charge on any atom is -0.314 e. The average Bonchev–Trinajstić information content (AvgIpc) is 2.99. The highest BCUT2D eigenvalue weighted by molar-refractivity contribution is 9.10. The number of hydrogen-bond acceptors (Lipinski definition) is 4. The molecule has 1 aromatic heterocycles. The van der Waals surface area contributed by atoms with Crippen molar-refractivity contribution in [2.24, 2.45) is 0 Å². The van der Waals surface area contributed by atoms with E-state index in [1.54, 1.807) is 0 Å². The van der Waals surface area contributed by atoms with Crippen molar-refractivity contribution in [1.82, 2.24) is 15.2 Å². The number of nitrogens with zero attached hydrogens (tertiary/aromatic N) is 2. The molecule has 0 radical (unpaired) electrons. The maximum atomic E-state index is 4.90. The number of rotatable bonds is 2. The van der Waals surface area contributed by atoms with Gasteiger partial charge in [0, 0.05) is 47.5 Å². The fraction of sp³-hybridized carbons (Fsp3) is 0.400. The molecule has 1 aliphatic carbocycles. The first kappa shape index (κ1) is 13.0. The van der Waals surface area contributed by atoms with Crippen LogP contribution in [0.15, 0.2) is 22.7 Å². The molecule has 3 nitrogen and oxygen atoms in total. The van der Waals surface area contributed by atoms with Crippen LogP contribution in [0.1, 0.15) is 15.4 Å². The van der Waals surface area contributed by atoms with E-state index in [1.807, 2.05) is 11.3 Å². The monoisotopic (exact) mass is 349 g/mol. The molecule has 0 spiro atoms. The van der Waals surface area contributed by atoms with E-state index < -0.39 is 0 Å². The van der Waals surface area contributed by atoms with E-state index in [0.29, 0.717) is 0 Å². The first-order chi connectivity index (χ1) is 9.81. The summed E-state index contributed by atoms with van der Waals surface area (Å²) in [6, 6.07) is 6.42. The van der Waals surface area contributed by atoms with Gasteiger partial charge in [0.25, 0.3) is 0 Å². The second kappa shape index (κ2) is 5.22. The SMILES string of the molecule is Brc1cccc2c1Cc1sc(CN3CCNCC3)nc1-2. The summed E-state index contributed by atoms with van der Waals surface area (Å²) in [7, 11) is 0. The van der Waals surface area contributed by atoms with Gasteiger partial charge in [-0.1, -0.05) is 28.1 Å². The van der Waals surface area contributed by atoms with Gasteiger partial charge in [0.1, 0.15) is 5.01 Å². The summed E-state index contributed by atoms with van der Waals surface area (Å²) < 4.78 is 1.21. The lowest BCUT2D eigenvalue weighted by Gasteiger charge is -2.26.